The van der Waals surface area contributed by atoms with E-state index in [-0.39, 0.29) is 12.3 Å². The Morgan fingerprint density at radius 3 is 2.41 bits per heavy atom. The molecule has 0 aliphatic heterocycles. The highest BCUT2D eigenvalue weighted by molar-refractivity contribution is 5.94. The number of non-ortho nitro benzene ring substituents is 1. The van der Waals surface area contributed by atoms with Crippen LogP contribution in [-0.4, -0.2) is 24.6 Å². The maximum absolute atomic E-state index is 12.0. The lowest BCUT2D eigenvalue weighted by Gasteiger charge is -2.10. The summed E-state index contributed by atoms with van der Waals surface area (Å²) in [6.45, 7) is 0.0159. The molecule has 0 saturated heterocycles. The molecular formula is C21H17NO5. The largest absolute Gasteiger partial charge is 0.489 e. The van der Waals surface area contributed by atoms with E-state index in [0.717, 1.165) is 10.8 Å². The van der Waals surface area contributed by atoms with Gasteiger partial charge in [-0.15, -0.1) is 0 Å². The van der Waals surface area contributed by atoms with Gasteiger partial charge >= 0.3 is 5.97 Å². The number of methoxy groups -OCH3 is 1. The molecule has 0 unspecified atom stereocenters. The van der Waals surface area contributed by atoms with Gasteiger partial charge in [0.15, 0.2) is 0 Å². The van der Waals surface area contributed by atoms with Crippen LogP contribution in [0.15, 0.2) is 72.3 Å². The van der Waals surface area contributed by atoms with Crippen LogP contribution in [0.4, 0.5) is 5.69 Å². The highest BCUT2D eigenvalue weighted by Crippen LogP contribution is 2.22. The first-order valence-corrected chi connectivity index (χ1v) is 8.22. The molecule has 6 nitrogen and oxygen atoms in total. The van der Waals surface area contributed by atoms with Crippen molar-refractivity contribution in [2.24, 2.45) is 0 Å². The minimum absolute atomic E-state index is 0.0146. The predicted molar refractivity (Wildman–Crippen MR) is 103 cm³/mol. The number of benzene rings is 3. The van der Waals surface area contributed by atoms with Gasteiger partial charge in [-0.05, 0) is 46.7 Å². The van der Waals surface area contributed by atoms with E-state index in [1.165, 1.54) is 19.2 Å². The number of ether oxygens (including phenoxy) is 2. The Bertz CT molecular complexity index is 1010. The van der Waals surface area contributed by atoms with Crippen LogP contribution in [0.25, 0.3) is 16.8 Å². The minimum Gasteiger partial charge on any atom is -0.489 e. The Morgan fingerprint density at radius 1 is 1.04 bits per heavy atom. The predicted octanol–water partition coefficient (Wildman–Crippen LogP) is 4.38. The van der Waals surface area contributed by atoms with Crippen LogP contribution in [0.5, 0.6) is 5.75 Å². The maximum atomic E-state index is 12.0. The van der Waals surface area contributed by atoms with E-state index < -0.39 is 10.9 Å². The van der Waals surface area contributed by atoms with E-state index in [2.05, 4.69) is 0 Å². The van der Waals surface area contributed by atoms with Gasteiger partial charge in [0.2, 0.25) is 0 Å². The normalized spacial score (nSPS) is 11.2. The van der Waals surface area contributed by atoms with Gasteiger partial charge in [-0.3, -0.25) is 10.1 Å². The van der Waals surface area contributed by atoms with Crippen molar-refractivity contribution in [1.29, 1.82) is 0 Å². The second-order valence-corrected chi connectivity index (χ2v) is 5.81. The Hall–Kier alpha value is -3.67. The first kappa shape index (κ1) is 18.1. The number of fused-ring (bicyclic) bond motifs is 1. The highest BCUT2D eigenvalue weighted by atomic mass is 16.6. The number of nitro groups is 1. The summed E-state index contributed by atoms with van der Waals surface area (Å²) in [6, 6.07) is 19.5. The maximum Gasteiger partial charge on any atom is 0.337 e. The lowest BCUT2D eigenvalue weighted by molar-refractivity contribution is -0.384. The van der Waals surface area contributed by atoms with Crippen molar-refractivity contribution in [2.45, 2.75) is 0 Å². The van der Waals surface area contributed by atoms with E-state index in [1.807, 2.05) is 42.5 Å². The third kappa shape index (κ3) is 4.49. The summed E-state index contributed by atoms with van der Waals surface area (Å²) >= 11 is 0. The monoisotopic (exact) mass is 363 g/mol. The molecule has 0 radical (unpaired) electrons. The number of carbonyl (C=O) groups excluding carboxylic acids is 1. The summed E-state index contributed by atoms with van der Waals surface area (Å²) in [5.41, 5.74) is 0.932. The Balaban J connectivity index is 1.79. The van der Waals surface area contributed by atoms with E-state index in [9.17, 15) is 14.9 Å². The molecular weight excluding hydrogens is 346 g/mol. The van der Waals surface area contributed by atoms with Crippen LogP contribution < -0.4 is 4.74 Å². The first-order valence-electron chi connectivity index (χ1n) is 8.22. The van der Waals surface area contributed by atoms with Gasteiger partial charge in [-0.2, -0.15) is 0 Å². The molecule has 3 rings (SSSR count). The number of nitrogens with zero attached hydrogens (tertiary/aromatic N) is 1. The molecule has 3 aromatic carbocycles. The van der Waals surface area contributed by atoms with Gasteiger partial charge in [0.05, 0.1) is 17.6 Å². The quantitative estimate of drug-likeness (QED) is 0.281. The van der Waals surface area contributed by atoms with Crippen molar-refractivity contribution < 1.29 is 19.2 Å². The average molecular weight is 363 g/mol. The third-order valence-electron chi connectivity index (χ3n) is 4.01. The van der Waals surface area contributed by atoms with E-state index in [1.54, 1.807) is 18.2 Å². The SMILES string of the molecule is COC(=O)/C(=C/c1ccc([N+](=O)[O-])cc1)COc1ccc2ccccc2c1. The van der Waals surface area contributed by atoms with E-state index in [0.29, 0.717) is 16.9 Å². The second kappa shape index (κ2) is 8.14. The van der Waals surface area contributed by atoms with Crippen molar-refractivity contribution in [3.8, 4) is 5.75 Å². The fourth-order valence-corrected chi connectivity index (χ4v) is 2.60. The number of rotatable bonds is 6. The standard InChI is InChI=1S/C21H17NO5/c1-26-21(23)18(12-15-6-9-19(10-7-15)22(24)25)14-27-20-11-8-16-4-2-3-5-17(16)13-20/h2-13H,14H2,1H3/b18-12+. The number of hydrogen-bond donors (Lipinski definition) is 0. The van der Waals surface area contributed by atoms with Gasteiger partial charge < -0.3 is 9.47 Å². The van der Waals surface area contributed by atoms with Gasteiger partial charge in [-0.1, -0.05) is 30.3 Å². The third-order valence-corrected chi connectivity index (χ3v) is 4.01. The molecule has 0 aromatic heterocycles. The summed E-state index contributed by atoms with van der Waals surface area (Å²) in [5.74, 6) is 0.112. The molecule has 0 bridgehead atoms. The summed E-state index contributed by atoms with van der Waals surface area (Å²) < 4.78 is 10.6. The molecule has 0 atom stereocenters. The smallest absolute Gasteiger partial charge is 0.337 e. The molecule has 0 spiro atoms. The van der Waals surface area contributed by atoms with Gasteiger partial charge in [0.25, 0.3) is 5.69 Å². The van der Waals surface area contributed by atoms with Crippen molar-refractivity contribution >= 4 is 28.5 Å². The summed E-state index contributed by atoms with van der Waals surface area (Å²) in [7, 11) is 1.29. The topological polar surface area (TPSA) is 78.7 Å². The molecule has 0 fully saturated rings. The van der Waals surface area contributed by atoms with Crippen molar-refractivity contribution in [3.05, 3.63) is 88.0 Å². The van der Waals surface area contributed by atoms with Gasteiger partial charge in [-0.25, -0.2) is 4.79 Å². The van der Waals surface area contributed by atoms with Crippen LogP contribution >= 0.6 is 0 Å². The number of esters is 1. The average Bonchev–Trinajstić information content (AvgIpc) is 2.70. The zero-order chi connectivity index (χ0) is 19.2. The van der Waals surface area contributed by atoms with E-state index >= 15 is 0 Å². The molecule has 0 N–H and O–H groups in total. The molecule has 27 heavy (non-hydrogen) atoms. The Labute approximate surface area is 155 Å². The van der Waals surface area contributed by atoms with Crippen molar-refractivity contribution in [2.75, 3.05) is 13.7 Å². The molecule has 0 aliphatic carbocycles. The first-order chi connectivity index (χ1) is 13.1. The molecule has 136 valence electrons. The van der Waals surface area contributed by atoms with E-state index in [4.69, 9.17) is 9.47 Å². The van der Waals surface area contributed by atoms with Crippen LogP contribution in [0.2, 0.25) is 0 Å². The number of hydrogen-bond acceptors (Lipinski definition) is 5. The van der Waals surface area contributed by atoms with Gasteiger partial charge in [0.1, 0.15) is 12.4 Å². The van der Waals surface area contributed by atoms with Crippen LogP contribution in [-0.2, 0) is 9.53 Å². The molecule has 6 heteroatoms. The lowest BCUT2D eigenvalue weighted by atomic mass is 10.1. The summed E-state index contributed by atoms with van der Waals surface area (Å²) in [5, 5.41) is 12.9. The zero-order valence-corrected chi connectivity index (χ0v) is 14.6. The fraction of sp³-hybridized carbons (Fsp3) is 0.0952. The molecule has 0 amide bonds. The number of nitro benzene ring substituents is 1. The molecule has 0 aliphatic rings. The van der Waals surface area contributed by atoms with Crippen LogP contribution in [0, 0.1) is 10.1 Å². The lowest BCUT2D eigenvalue weighted by Crippen LogP contribution is -2.12. The van der Waals surface area contributed by atoms with Gasteiger partial charge in [0, 0.05) is 12.1 Å². The summed E-state index contributed by atoms with van der Waals surface area (Å²) in [4.78, 5) is 22.3. The number of carbonyl (C=O) groups is 1. The van der Waals surface area contributed by atoms with Crippen LogP contribution in [0.1, 0.15) is 5.56 Å². The van der Waals surface area contributed by atoms with Crippen molar-refractivity contribution in [1.82, 2.24) is 0 Å². The fourth-order valence-electron chi connectivity index (χ4n) is 2.60. The molecule has 0 heterocycles. The Morgan fingerprint density at radius 2 is 1.74 bits per heavy atom. The Kier molecular flexibility index (Phi) is 5.47. The molecule has 0 saturated carbocycles. The van der Waals surface area contributed by atoms with Crippen molar-refractivity contribution in [3.63, 3.8) is 0 Å². The highest BCUT2D eigenvalue weighted by Gasteiger charge is 2.12. The van der Waals surface area contributed by atoms with Crippen LogP contribution in [0.3, 0.4) is 0 Å². The zero-order valence-electron chi connectivity index (χ0n) is 14.6. The minimum atomic E-state index is -0.519. The molecule has 3 aromatic rings. The summed E-state index contributed by atoms with van der Waals surface area (Å²) in [6.07, 6.45) is 1.59. The second-order valence-electron chi connectivity index (χ2n) is 5.81.